The molecule has 2 heterocycles. The highest BCUT2D eigenvalue weighted by atomic mass is 16.6. The van der Waals surface area contributed by atoms with Gasteiger partial charge in [0.05, 0.1) is 16.7 Å². The van der Waals surface area contributed by atoms with Crippen LogP contribution in [-0.2, 0) is 17.8 Å². The molecule has 8 nitrogen and oxygen atoms in total. The second-order valence-corrected chi connectivity index (χ2v) is 6.86. The maximum Gasteiger partial charge on any atom is 0.273 e. The molecule has 0 bridgehead atoms. The van der Waals surface area contributed by atoms with Crippen molar-refractivity contribution < 1.29 is 14.5 Å². The van der Waals surface area contributed by atoms with Crippen LogP contribution < -0.4 is 10.1 Å². The first kappa shape index (κ1) is 18.7. The summed E-state index contributed by atoms with van der Waals surface area (Å²) in [6.07, 6.45) is 5.46. The standard InChI is InChI=1S/C21H20N4O4/c26-21(14-29-18-5-3-4-17(12-18)25(27)28)22-16-9-7-15(8-10-16)19-13-24-11-2-1-6-20(24)23-19/h3-5,7-10,12-13H,1-2,6,11,14H2,(H,22,26). The number of carbonyl (C=O) groups excluding carboxylic acids is 1. The van der Waals surface area contributed by atoms with Crippen LogP contribution in [0.25, 0.3) is 11.3 Å². The fourth-order valence-corrected chi connectivity index (χ4v) is 3.31. The molecular formula is C21H20N4O4. The first-order valence-electron chi connectivity index (χ1n) is 9.42. The topological polar surface area (TPSA) is 99.3 Å². The largest absolute Gasteiger partial charge is 0.484 e. The fraction of sp³-hybridized carbons (Fsp3) is 0.238. The molecule has 1 amide bonds. The Morgan fingerprint density at radius 2 is 2.03 bits per heavy atom. The van der Waals surface area contributed by atoms with Gasteiger partial charge in [-0.25, -0.2) is 4.98 Å². The smallest absolute Gasteiger partial charge is 0.273 e. The Kier molecular flexibility index (Phi) is 5.24. The highest BCUT2D eigenvalue weighted by Gasteiger charge is 2.13. The summed E-state index contributed by atoms with van der Waals surface area (Å²) >= 11 is 0. The summed E-state index contributed by atoms with van der Waals surface area (Å²) in [5, 5.41) is 13.5. The second kappa shape index (κ2) is 8.14. The molecule has 2 aromatic carbocycles. The van der Waals surface area contributed by atoms with Crippen LogP contribution in [-0.4, -0.2) is 27.0 Å². The molecule has 8 heteroatoms. The summed E-state index contributed by atoms with van der Waals surface area (Å²) in [5.41, 5.74) is 2.50. The summed E-state index contributed by atoms with van der Waals surface area (Å²) in [6.45, 7) is 0.776. The van der Waals surface area contributed by atoms with Crippen LogP contribution in [0.1, 0.15) is 18.7 Å². The number of benzene rings is 2. The number of anilines is 1. The van der Waals surface area contributed by atoms with Gasteiger partial charge >= 0.3 is 0 Å². The van der Waals surface area contributed by atoms with Crippen LogP contribution in [0.2, 0.25) is 0 Å². The zero-order chi connectivity index (χ0) is 20.2. The van der Waals surface area contributed by atoms with Gasteiger partial charge in [0.15, 0.2) is 6.61 Å². The van der Waals surface area contributed by atoms with Crippen molar-refractivity contribution in [3.8, 4) is 17.0 Å². The molecule has 0 fully saturated rings. The van der Waals surface area contributed by atoms with Crippen molar-refractivity contribution in [2.45, 2.75) is 25.8 Å². The molecular weight excluding hydrogens is 372 g/mol. The van der Waals surface area contributed by atoms with E-state index in [0.717, 1.165) is 30.0 Å². The molecule has 0 saturated carbocycles. The Hall–Kier alpha value is -3.68. The second-order valence-electron chi connectivity index (χ2n) is 6.86. The number of non-ortho nitro benzene ring substituents is 1. The predicted molar refractivity (Wildman–Crippen MR) is 108 cm³/mol. The van der Waals surface area contributed by atoms with Gasteiger partial charge in [-0.3, -0.25) is 14.9 Å². The molecule has 0 saturated heterocycles. The number of amides is 1. The molecule has 0 aliphatic carbocycles. The number of rotatable bonds is 6. The van der Waals surface area contributed by atoms with E-state index >= 15 is 0 Å². The number of hydrogen-bond acceptors (Lipinski definition) is 5. The third-order valence-electron chi connectivity index (χ3n) is 4.77. The zero-order valence-corrected chi connectivity index (χ0v) is 15.7. The Morgan fingerprint density at radius 3 is 2.79 bits per heavy atom. The molecule has 4 rings (SSSR count). The van der Waals surface area contributed by atoms with Gasteiger partial charge < -0.3 is 14.6 Å². The van der Waals surface area contributed by atoms with E-state index in [-0.39, 0.29) is 24.0 Å². The number of aryl methyl sites for hydroxylation is 2. The number of imidazole rings is 1. The Labute approximate surface area is 167 Å². The molecule has 1 N–H and O–H groups in total. The van der Waals surface area contributed by atoms with Gasteiger partial charge in [0.2, 0.25) is 0 Å². The first-order chi connectivity index (χ1) is 14.1. The lowest BCUT2D eigenvalue weighted by molar-refractivity contribution is -0.384. The zero-order valence-electron chi connectivity index (χ0n) is 15.7. The van der Waals surface area contributed by atoms with Crippen molar-refractivity contribution in [3.63, 3.8) is 0 Å². The van der Waals surface area contributed by atoms with Gasteiger partial charge in [0.25, 0.3) is 11.6 Å². The van der Waals surface area contributed by atoms with E-state index in [1.165, 1.54) is 31.0 Å². The van der Waals surface area contributed by atoms with Crippen molar-refractivity contribution in [2.75, 3.05) is 11.9 Å². The van der Waals surface area contributed by atoms with E-state index < -0.39 is 4.92 Å². The van der Waals surface area contributed by atoms with Crippen molar-refractivity contribution in [1.82, 2.24) is 9.55 Å². The van der Waals surface area contributed by atoms with E-state index in [0.29, 0.717) is 5.69 Å². The van der Waals surface area contributed by atoms with Gasteiger partial charge in [0.1, 0.15) is 11.6 Å². The summed E-state index contributed by atoms with van der Waals surface area (Å²) in [6, 6.07) is 13.2. The van der Waals surface area contributed by atoms with Gasteiger partial charge in [-0.15, -0.1) is 0 Å². The van der Waals surface area contributed by atoms with Crippen LogP contribution in [0.15, 0.2) is 54.7 Å². The van der Waals surface area contributed by atoms with Gasteiger partial charge in [-0.05, 0) is 31.0 Å². The molecule has 0 unspecified atom stereocenters. The lowest BCUT2D eigenvalue weighted by Crippen LogP contribution is -2.20. The maximum absolute atomic E-state index is 12.1. The lowest BCUT2D eigenvalue weighted by atomic mass is 10.1. The first-order valence-corrected chi connectivity index (χ1v) is 9.42. The minimum absolute atomic E-state index is 0.0838. The number of hydrogen-bond donors (Lipinski definition) is 1. The highest BCUT2D eigenvalue weighted by Crippen LogP contribution is 2.24. The molecule has 3 aromatic rings. The summed E-state index contributed by atoms with van der Waals surface area (Å²) in [7, 11) is 0. The van der Waals surface area contributed by atoms with Crippen LogP contribution >= 0.6 is 0 Å². The van der Waals surface area contributed by atoms with Gasteiger partial charge in [-0.2, -0.15) is 0 Å². The Bertz CT molecular complexity index is 1020. The quantitative estimate of drug-likeness (QED) is 0.508. The van der Waals surface area contributed by atoms with Crippen molar-refractivity contribution in [2.24, 2.45) is 0 Å². The normalized spacial score (nSPS) is 12.8. The molecule has 1 aliphatic rings. The van der Waals surface area contributed by atoms with Crippen molar-refractivity contribution in [3.05, 3.63) is 70.7 Å². The number of aromatic nitrogens is 2. The molecule has 1 aliphatic heterocycles. The van der Waals surface area contributed by atoms with E-state index in [2.05, 4.69) is 16.1 Å². The van der Waals surface area contributed by atoms with Crippen LogP contribution in [0.3, 0.4) is 0 Å². The van der Waals surface area contributed by atoms with E-state index in [1.54, 1.807) is 6.07 Å². The van der Waals surface area contributed by atoms with Crippen LogP contribution in [0.4, 0.5) is 11.4 Å². The van der Waals surface area contributed by atoms with E-state index in [9.17, 15) is 14.9 Å². The molecule has 0 radical (unpaired) electrons. The van der Waals surface area contributed by atoms with Gasteiger partial charge in [-0.1, -0.05) is 18.2 Å². The number of nitrogens with zero attached hydrogens (tertiary/aromatic N) is 3. The average Bonchev–Trinajstić information content (AvgIpc) is 3.17. The molecule has 0 spiro atoms. The summed E-state index contributed by atoms with van der Waals surface area (Å²) in [5.74, 6) is 1.05. The summed E-state index contributed by atoms with van der Waals surface area (Å²) in [4.78, 5) is 27.1. The third kappa shape index (κ3) is 4.43. The summed E-state index contributed by atoms with van der Waals surface area (Å²) < 4.78 is 7.55. The SMILES string of the molecule is O=C(COc1cccc([N+](=O)[O-])c1)Nc1ccc(-c2cn3c(n2)CCCC3)cc1. The predicted octanol–water partition coefficient (Wildman–Crippen LogP) is 3.81. The lowest BCUT2D eigenvalue weighted by Gasteiger charge is -2.11. The van der Waals surface area contributed by atoms with E-state index in [1.807, 2.05) is 24.3 Å². The minimum atomic E-state index is -0.509. The fourth-order valence-electron chi connectivity index (χ4n) is 3.31. The minimum Gasteiger partial charge on any atom is -0.484 e. The van der Waals surface area contributed by atoms with Crippen molar-refractivity contribution >= 4 is 17.3 Å². The maximum atomic E-state index is 12.1. The third-order valence-corrected chi connectivity index (χ3v) is 4.77. The Balaban J connectivity index is 1.35. The average molecular weight is 392 g/mol. The molecule has 148 valence electrons. The number of carbonyl (C=O) groups is 1. The number of nitrogens with one attached hydrogen (secondary N) is 1. The number of nitro groups is 1. The molecule has 1 aromatic heterocycles. The monoisotopic (exact) mass is 392 g/mol. The number of ether oxygens (including phenoxy) is 1. The molecule has 29 heavy (non-hydrogen) atoms. The van der Waals surface area contributed by atoms with Gasteiger partial charge in [0, 0.05) is 36.5 Å². The number of nitro benzene ring substituents is 1. The highest BCUT2D eigenvalue weighted by molar-refractivity contribution is 5.92. The van der Waals surface area contributed by atoms with Crippen LogP contribution in [0.5, 0.6) is 5.75 Å². The van der Waals surface area contributed by atoms with E-state index in [4.69, 9.17) is 9.72 Å². The van der Waals surface area contributed by atoms with Crippen molar-refractivity contribution in [1.29, 1.82) is 0 Å². The Morgan fingerprint density at radius 1 is 1.21 bits per heavy atom. The van der Waals surface area contributed by atoms with Crippen LogP contribution in [0, 0.1) is 10.1 Å². The molecule has 0 atom stereocenters. The number of fused-ring (bicyclic) bond motifs is 1.